The maximum absolute atomic E-state index is 12.9. The predicted molar refractivity (Wildman–Crippen MR) is 94.7 cm³/mol. The van der Waals surface area contributed by atoms with Gasteiger partial charge in [-0.15, -0.1) is 0 Å². The summed E-state index contributed by atoms with van der Waals surface area (Å²) < 4.78 is 5.08. The number of hydrogen-bond donors (Lipinski definition) is 3. The Bertz CT molecular complexity index is 954. The van der Waals surface area contributed by atoms with E-state index in [1.807, 2.05) is 0 Å². The third kappa shape index (κ3) is 4.08. The van der Waals surface area contributed by atoms with Gasteiger partial charge in [-0.2, -0.15) is 0 Å². The number of nitrogens with one attached hydrogen (secondary N) is 3. The summed E-state index contributed by atoms with van der Waals surface area (Å²) in [6, 6.07) is 3.31. The van der Waals surface area contributed by atoms with Crippen molar-refractivity contribution in [3.05, 3.63) is 29.3 Å². The van der Waals surface area contributed by atoms with Crippen molar-refractivity contribution in [2.24, 2.45) is 5.11 Å². The van der Waals surface area contributed by atoms with Gasteiger partial charge in [-0.3, -0.25) is 34.2 Å². The molecule has 0 aliphatic carbocycles. The molecule has 0 aromatic heterocycles. The van der Waals surface area contributed by atoms with Crippen molar-refractivity contribution in [2.45, 2.75) is 18.9 Å². The van der Waals surface area contributed by atoms with Crippen LogP contribution >= 0.6 is 0 Å². The molecular formula is C17H17N6O6+. The second-order valence-corrected chi connectivity index (χ2v) is 6.24. The molecule has 12 heteroatoms. The summed E-state index contributed by atoms with van der Waals surface area (Å²) in [5.41, 5.74) is 6.68. The second-order valence-electron chi connectivity index (χ2n) is 6.24. The van der Waals surface area contributed by atoms with Crippen molar-refractivity contribution in [2.75, 3.05) is 25.1 Å². The highest BCUT2D eigenvalue weighted by molar-refractivity contribution is 6.26. The molecule has 3 rings (SSSR count). The number of fused-ring (bicyclic) bond motifs is 1. The first-order chi connectivity index (χ1) is 13.9. The average molecular weight is 401 g/mol. The largest absolute Gasteiger partial charge is 0.369 e. The van der Waals surface area contributed by atoms with E-state index in [4.69, 9.17) is 10.3 Å². The first-order valence-corrected chi connectivity index (χ1v) is 8.69. The Labute approximate surface area is 163 Å². The maximum atomic E-state index is 12.9. The normalized spacial score (nSPS) is 18.2. The molecular weight excluding hydrogens is 384 g/mol. The van der Waals surface area contributed by atoms with Gasteiger partial charge in [0.2, 0.25) is 22.6 Å². The number of hydrogen-bond acceptors (Lipinski definition) is 8. The fraction of sp³-hybridized carbons (Fsp3) is 0.353. The van der Waals surface area contributed by atoms with Gasteiger partial charge >= 0.3 is 0 Å². The lowest BCUT2D eigenvalue weighted by Gasteiger charge is -2.27. The Morgan fingerprint density at radius 2 is 2.10 bits per heavy atom. The number of imide groups is 2. The molecule has 3 N–H and O–H groups in total. The number of rotatable bonds is 7. The van der Waals surface area contributed by atoms with E-state index in [0.717, 1.165) is 4.90 Å². The van der Waals surface area contributed by atoms with E-state index in [9.17, 15) is 24.0 Å². The van der Waals surface area contributed by atoms with Gasteiger partial charge in [-0.25, -0.2) is 0 Å². The molecule has 150 valence electrons. The van der Waals surface area contributed by atoms with Gasteiger partial charge in [0.05, 0.1) is 23.4 Å². The van der Waals surface area contributed by atoms with E-state index in [1.54, 1.807) is 0 Å². The smallest absolute Gasteiger partial charge is 0.264 e. The molecule has 1 saturated heterocycles. The lowest BCUT2D eigenvalue weighted by molar-refractivity contribution is -0.136. The Balaban J connectivity index is 1.74. The van der Waals surface area contributed by atoms with Crippen LogP contribution in [0.5, 0.6) is 0 Å². The lowest BCUT2D eigenvalue weighted by Crippen LogP contribution is -2.54. The van der Waals surface area contributed by atoms with Gasteiger partial charge in [-0.1, -0.05) is 6.07 Å². The molecule has 2 heterocycles. The van der Waals surface area contributed by atoms with Gasteiger partial charge in [0.1, 0.15) is 29.8 Å². The summed E-state index contributed by atoms with van der Waals surface area (Å²) in [5.74, 6) is -3.10. The molecule has 12 nitrogen and oxygen atoms in total. The summed E-state index contributed by atoms with van der Waals surface area (Å²) in [4.78, 5) is 64.7. The highest BCUT2D eigenvalue weighted by Gasteiger charge is 2.45. The SMILES string of the molecule is N=[N+]=NCCOCC(=O)Nc1cccc2c1C(=O)N(C1CCC(=O)NC1=O)C2=O. The predicted octanol–water partition coefficient (Wildman–Crippen LogP) is -0.407. The van der Waals surface area contributed by atoms with Gasteiger partial charge in [0.15, 0.2) is 0 Å². The van der Waals surface area contributed by atoms with Crippen LogP contribution in [0.2, 0.25) is 0 Å². The summed E-state index contributed by atoms with van der Waals surface area (Å²) in [7, 11) is 0. The van der Waals surface area contributed by atoms with Crippen LogP contribution in [0, 0.1) is 5.53 Å². The van der Waals surface area contributed by atoms with Crippen molar-refractivity contribution >= 4 is 35.2 Å². The molecule has 29 heavy (non-hydrogen) atoms. The first-order valence-electron chi connectivity index (χ1n) is 8.69. The van der Waals surface area contributed by atoms with Crippen LogP contribution in [-0.2, 0) is 19.1 Å². The Hall–Kier alpha value is -3.76. The number of ether oxygens (including phenoxy) is 1. The lowest BCUT2D eigenvalue weighted by atomic mass is 10.0. The van der Waals surface area contributed by atoms with Crippen LogP contribution in [0.4, 0.5) is 5.69 Å². The summed E-state index contributed by atoms with van der Waals surface area (Å²) in [6.07, 6.45) is 0.0614. The number of piperidine rings is 1. The van der Waals surface area contributed by atoms with Crippen LogP contribution in [0.3, 0.4) is 0 Å². The van der Waals surface area contributed by atoms with Crippen molar-refractivity contribution in [1.29, 1.82) is 5.53 Å². The highest BCUT2D eigenvalue weighted by atomic mass is 16.5. The van der Waals surface area contributed by atoms with Crippen LogP contribution in [-0.4, -0.2) is 60.2 Å². The van der Waals surface area contributed by atoms with E-state index in [0.29, 0.717) is 0 Å². The van der Waals surface area contributed by atoms with E-state index in [-0.39, 0.29) is 49.4 Å². The zero-order valence-electron chi connectivity index (χ0n) is 15.1. The molecule has 2 aliphatic rings. The molecule has 0 spiro atoms. The van der Waals surface area contributed by atoms with Crippen molar-refractivity contribution in [1.82, 2.24) is 15.1 Å². The monoisotopic (exact) mass is 401 g/mol. The Morgan fingerprint density at radius 1 is 1.31 bits per heavy atom. The van der Waals surface area contributed by atoms with E-state index in [2.05, 4.69) is 20.7 Å². The molecule has 1 unspecified atom stereocenters. The number of benzene rings is 1. The summed E-state index contributed by atoms with van der Waals surface area (Å²) in [5, 5.41) is 8.01. The van der Waals surface area contributed by atoms with Crippen molar-refractivity contribution in [3.8, 4) is 0 Å². The molecule has 1 aromatic carbocycles. The molecule has 5 amide bonds. The minimum atomic E-state index is -1.09. The Morgan fingerprint density at radius 3 is 2.83 bits per heavy atom. The van der Waals surface area contributed by atoms with Gasteiger partial charge in [0.25, 0.3) is 11.8 Å². The number of carbonyl (C=O) groups is 5. The molecule has 0 bridgehead atoms. The molecule has 1 aromatic rings. The van der Waals surface area contributed by atoms with Crippen molar-refractivity contribution in [3.63, 3.8) is 0 Å². The molecule has 1 fully saturated rings. The molecule has 2 aliphatic heterocycles. The van der Waals surface area contributed by atoms with Crippen LogP contribution < -0.4 is 15.5 Å². The van der Waals surface area contributed by atoms with Crippen LogP contribution in [0.1, 0.15) is 33.6 Å². The van der Waals surface area contributed by atoms with Crippen LogP contribution in [0.15, 0.2) is 23.3 Å². The fourth-order valence-electron chi connectivity index (χ4n) is 3.13. The van der Waals surface area contributed by atoms with Crippen molar-refractivity contribution < 1.29 is 28.7 Å². The fourth-order valence-corrected chi connectivity index (χ4v) is 3.13. The topological polar surface area (TPSA) is 172 Å². The number of carbonyl (C=O) groups excluding carboxylic acids is 5. The minimum Gasteiger partial charge on any atom is -0.369 e. The molecule has 0 radical (unpaired) electrons. The summed E-state index contributed by atoms with van der Waals surface area (Å²) in [6.45, 7) is -0.106. The average Bonchev–Trinajstić information content (AvgIpc) is 2.93. The first kappa shape index (κ1) is 20.0. The Kier molecular flexibility index (Phi) is 5.86. The third-order valence-corrected chi connectivity index (χ3v) is 4.38. The number of nitrogens with zero attached hydrogens (tertiary/aromatic N) is 3. The van der Waals surface area contributed by atoms with E-state index >= 15 is 0 Å². The van der Waals surface area contributed by atoms with E-state index < -0.39 is 35.6 Å². The van der Waals surface area contributed by atoms with Crippen LogP contribution in [0.25, 0.3) is 0 Å². The maximum Gasteiger partial charge on any atom is 0.264 e. The van der Waals surface area contributed by atoms with E-state index in [1.165, 1.54) is 18.2 Å². The highest BCUT2D eigenvalue weighted by Crippen LogP contribution is 2.32. The molecule has 0 saturated carbocycles. The summed E-state index contributed by atoms with van der Waals surface area (Å²) >= 11 is 0. The van der Waals surface area contributed by atoms with Gasteiger partial charge < -0.3 is 10.1 Å². The standard InChI is InChI=1S/C17H16N6O6/c18-22-19-6-7-29-8-13(25)20-10-3-1-2-9-14(10)17(28)23(16(9)27)11-4-5-12(24)21-15(11)26/h1-3,11,18H,4-8H2,(H-,20,21,24,25,26,28)/p+1. The quantitative estimate of drug-likeness (QED) is 0.242. The van der Waals surface area contributed by atoms with Gasteiger partial charge in [-0.05, 0) is 18.6 Å². The minimum absolute atomic E-state index is 0.0152. The van der Waals surface area contributed by atoms with Gasteiger partial charge in [0, 0.05) is 6.42 Å². The number of anilines is 1. The zero-order chi connectivity index (χ0) is 21.0. The number of amides is 5. The molecule has 1 atom stereocenters. The third-order valence-electron chi connectivity index (χ3n) is 4.38. The zero-order valence-corrected chi connectivity index (χ0v) is 15.1. The second kappa shape index (κ2) is 8.50.